The average molecular weight is 568 g/mol. The third-order valence-electron chi connectivity index (χ3n) is 9.27. The van der Waals surface area contributed by atoms with E-state index in [9.17, 15) is 4.79 Å². The summed E-state index contributed by atoms with van der Waals surface area (Å²) in [7, 11) is -1.94. The van der Waals surface area contributed by atoms with E-state index in [-0.39, 0.29) is 24.3 Å². The van der Waals surface area contributed by atoms with Gasteiger partial charge in [-0.05, 0) is 48.7 Å². The van der Waals surface area contributed by atoms with Gasteiger partial charge in [0.2, 0.25) is 8.32 Å². The minimum absolute atomic E-state index is 0.0129. The summed E-state index contributed by atoms with van der Waals surface area (Å²) in [6.45, 7) is 20.7. The van der Waals surface area contributed by atoms with Crippen molar-refractivity contribution in [3.05, 3.63) is 12.2 Å². The van der Waals surface area contributed by atoms with Crippen LogP contribution in [0.1, 0.15) is 93.4 Å². The fraction of sp³-hybridized carbons (Fsp3) is 0.900. The van der Waals surface area contributed by atoms with Crippen molar-refractivity contribution in [1.82, 2.24) is 9.80 Å². The van der Waals surface area contributed by atoms with Gasteiger partial charge in [0.05, 0.1) is 38.7 Å². The Morgan fingerprint density at radius 2 is 1.64 bits per heavy atom. The molecule has 3 saturated heterocycles. The highest BCUT2D eigenvalue weighted by molar-refractivity contribution is 6.77. The fourth-order valence-corrected chi connectivity index (χ4v) is 13.0. The van der Waals surface area contributed by atoms with E-state index in [1.165, 1.54) is 0 Å². The van der Waals surface area contributed by atoms with E-state index in [4.69, 9.17) is 24.4 Å². The van der Waals surface area contributed by atoms with Crippen LogP contribution in [0.3, 0.4) is 0 Å². The van der Waals surface area contributed by atoms with E-state index >= 15 is 0 Å². The molecule has 0 aromatic carbocycles. The molecule has 0 spiro atoms. The van der Waals surface area contributed by atoms with Crippen LogP contribution in [0.2, 0.25) is 16.6 Å². The van der Waals surface area contributed by atoms with Crippen molar-refractivity contribution in [2.75, 3.05) is 39.5 Å². The molecule has 0 aromatic heterocycles. The number of allylic oxidation sites excluding steroid dienone is 1. The van der Waals surface area contributed by atoms with E-state index in [1.807, 2.05) is 4.90 Å². The number of likely N-dealkylation sites (tertiary alicyclic amines) is 1. The Morgan fingerprint density at radius 3 is 2.18 bits per heavy atom. The van der Waals surface area contributed by atoms with Crippen molar-refractivity contribution in [2.24, 2.45) is 5.73 Å². The fourth-order valence-electron chi connectivity index (χ4n) is 7.44. The lowest BCUT2D eigenvalue weighted by molar-refractivity contribution is -0.277. The van der Waals surface area contributed by atoms with E-state index in [0.29, 0.717) is 49.5 Å². The molecule has 0 aliphatic carbocycles. The Bertz CT molecular complexity index is 759. The van der Waals surface area contributed by atoms with E-state index in [0.717, 1.165) is 51.6 Å². The van der Waals surface area contributed by atoms with Gasteiger partial charge in [-0.1, -0.05) is 60.6 Å². The number of nitrogens with zero attached hydrogens (tertiary/aromatic N) is 2. The number of carbonyl (C=O) groups is 1. The molecule has 0 unspecified atom stereocenters. The number of carbonyl (C=O) groups excluding carboxylic acids is 1. The molecule has 2 N–H and O–H groups in total. The monoisotopic (exact) mass is 567 g/mol. The quantitative estimate of drug-likeness (QED) is 0.216. The van der Waals surface area contributed by atoms with Gasteiger partial charge in [0, 0.05) is 32.0 Å². The smallest absolute Gasteiger partial charge is 0.316 e. The summed E-state index contributed by atoms with van der Waals surface area (Å²) >= 11 is 0. The summed E-state index contributed by atoms with van der Waals surface area (Å²) in [4.78, 5) is 16.9. The molecule has 3 heterocycles. The Kier molecular flexibility index (Phi) is 12.3. The third kappa shape index (κ3) is 7.86. The maximum atomic E-state index is 12.6. The first-order chi connectivity index (χ1) is 18.6. The van der Waals surface area contributed by atoms with Crippen LogP contribution in [0.25, 0.3) is 0 Å². The zero-order valence-electron chi connectivity index (χ0n) is 25.8. The zero-order valence-corrected chi connectivity index (χ0v) is 26.8. The highest BCUT2D eigenvalue weighted by Gasteiger charge is 2.47. The predicted octanol–water partition coefficient (Wildman–Crippen LogP) is 6.02. The van der Waals surface area contributed by atoms with Crippen molar-refractivity contribution in [3.8, 4) is 0 Å². The molecule has 3 aliphatic rings. The normalized spacial score (nSPS) is 25.8. The van der Waals surface area contributed by atoms with Crippen molar-refractivity contribution in [3.63, 3.8) is 0 Å². The first-order valence-electron chi connectivity index (χ1n) is 15.6. The molecule has 3 aliphatic heterocycles. The lowest BCUT2D eigenvalue weighted by Gasteiger charge is -2.44. The van der Waals surface area contributed by atoms with Crippen LogP contribution < -0.4 is 5.73 Å². The molecule has 3 rings (SSSR count). The van der Waals surface area contributed by atoms with Crippen LogP contribution in [-0.4, -0.2) is 87.8 Å². The van der Waals surface area contributed by atoms with Crippen molar-refractivity contribution >= 4 is 14.3 Å². The van der Waals surface area contributed by atoms with Crippen LogP contribution >= 0.6 is 0 Å². The summed E-state index contributed by atoms with van der Waals surface area (Å²) in [6, 6.07) is -0.338. The molecule has 8 nitrogen and oxygen atoms in total. The van der Waals surface area contributed by atoms with Gasteiger partial charge in [0.25, 0.3) is 0 Å². The maximum Gasteiger partial charge on any atom is 0.316 e. The topological polar surface area (TPSA) is 86.5 Å². The summed E-state index contributed by atoms with van der Waals surface area (Å²) < 4.78 is 25.3. The second kappa shape index (κ2) is 14.8. The SMILES string of the molecule is CC[C@@H](/C=C/CCC1(C[C@@H]2CC[C@H](N3CCOCC3)N2C(N)=O)OCCCO1)O[Si](C(C)C)(C(C)C)C(C)C. The molecule has 0 bridgehead atoms. The van der Waals surface area contributed by atoms with Crippen LogP contribution in [0.5, 0.6) is 0 Å². The molecule has 3 fully saturated rings. The summed E-state index contributed by atoms with van der Waals surface area (Å²) in [5, 5.41) is 0. The first kappa shape index (κ1) is 32.5. The summed E-state index contributed by atoms with van der Waals surface area (Å²) in [6.07, 6.45) is 10.6. The van der Waals surface area contributed by atoms with Gasteiger partial charge in [-0.25, -0.2) is 4.79 Å². The van der Waals surface area contributed by atoms with E-state index in [2.05, 4.69) is 65.5 Å². The lowest BCUT2D eigenvalue weighted by Crippen LogP contribution is -2.56. The Morgan fingerprint density at radius 1 is 1.03 bits per heavy atom. The maximum absolute atomic E-state index is 12.6. The number of nitrogens with two attached hydrogens (primary N) is 1. The molecule has 3 atom stereocenters. The minimum Gasteiger partial charge on any atom is -0.410 e. The molecule has 0 saturated carbocycles. The van der Waals surface area contributed by atoms with Crippen molar-refractivity contribution < 1.29 is 23.4 Å². The molecule has 9 heteroatoms. The molecular formula is C30H57N3O5Si. The van der Waals surface area contributed by atoms with Crippen molar-refractivity contribution in [1.29, 1.82) is 0 Å². The van der Waals surface area contributed by atoms with Crippen molar-refractivity contribution in [2.45, 2.75) is 134 Å². The van der Waals surface area contributed by atoms with E-state index in [1.54, 1.807) is 0 Å². The van der Waals surface area contributed by atoms with Crippen LogP contribution in [0.15, 0.2) is 12.2 Å². The number of primary amides is 1. The van der Waals surface area contributed by atoms with Gasteiger partial charge < -0.3 is 29.3 Å². The first-order valence-corrected chi connectivity index (χ1v) is 17.7. The predicted molar refractivity (Wildman–Crippen MR) is 159 cm³/mol. The van der Waals surface area contributed by atoms with E-state index < -0.39 is 14.1 Å². The van der Waals surface area contributed by atoms with Crippen LogP contribution in [0.4, 0.5) is 4.79 Å². The van der Waals surface area contributed by atoms with Gasteiger partial charge in [0.15, 0.2) is 5.79 Å². The van der Waals surface area contributed by atoms with Crippen LogP contribution in [0, 0.1) is 0 Å². The number of hydrogen-bond donors (Lipinski definition) is 1. The third-order valence-corrected chi connectivity index (χ3v) is 15.4. The molecule has 0 aromatic rings. The average Bonchev–Trinajstić information content (AvgIpc) is 3.32. The Hall–Kier alpha value is -0.973. The number of morpholine rings is 1. The molecular weight excluding hydrogens is 510 g/mol. The summed E-state index contributed by atoms with van der Waals surface area (Å²) in [5.74, 6) is -0.685. The number of amides is 2. The molecule has 39 heavy (non-hydrogen) atoms. The number of rotatable bonds is 13. The second-order valence-corrected chi connectivity index (χ2v) is 18.0. The minimum atomic E-state index is -1.94. The van der Waals surface area contributed by atoms with Gasteiger partial charge in [-0.2, -0.15) is 0 Å². The largest absolute Gasteiger partial charge is 0.410 e. The Labute approximate surface area is 239 Å². The number of hydrogen-bond acceptors (Lipinski definition) is 6. The highest BCUT2D eigenvalue weighted by Crippen LogP contribution is 2.43. The molecule has 2 amide bonds. The number of ether oxygens (including phenoxy) is 3. The molecule has 0 radical (unpaired) electrons. The van der Waals surface area contributed by atoms with Gasteiger partial charge >= 0.3 is 6.03 Å². The molecule has 226 valence electrons. The van der Waals surface area contributed by atoms with Gasteiger partial charge in [0.1, 0.15) is 0 Å². The lowest BCUT2D eigenvalue weighted by atomic mass is 9.98. The van der Waals surface area contributed by atoms with Gasteiger partial charge in [-0.3, -0.25) is 4.90 Å². The number of urea groups is 1. The second-order valence-electron chi connectivity index (χ2n) is 12.6. The standard InChI is InChI=1S/C30H57N3O5Si/c1-8-27(38-39(23(2)3,24(4)5)25(6)7)12-9-10-15-30(36-18-11-19-37-30)22-26-13-14-28(33(26)29(31)34)32-16-20-35-21-17-32/h9,12,23-28H,8,10-11,13-22H2,1-7H3,(H2,31,34)/b12-9+/t26-,27-,28+/m0/s1. The van der Waals surface area contributed by atoms with Gasteiger partial charge in [-0.15, -0.1) is 0 Å². The van der Waals surface area contributed by atoms with Crippen LogP contribution in [-0.2, 0) is 18.6 Å². The summed E-state index contributed by atoms with van der Waals surface area (Å²) in [5.41, 5.74) is 7.63. The zero-order chi connectivity index (χ0) is 28.6. The Balaban J connectivity index is 1.66. The highest BCUT2D eigenvalue weighted by atomic mass is 28.4.